The van der Waals surface area contributed by atoms with E-state index in [9.17, 15) is 0 Å². The summed E-state index contributed by atoms with van der Waals surface area (Å²) in [5.41, 5.74) is 5.91. The maximum Gasteiger partial charge on any atom is 0.593 e. The van der Waals surface area contributed by atoms with Gasteiger partial charge in [0.15, 0.2) is 0 Å². The van der Waals surface area contributed by atoms with Crippen molar-refractivity contribution in [3.63, 3.8) is 0 Å². The zero-order valence-corrected chi connectivity index (χ0v) is 5.86. The highest BCUT2D eigenvalue weighted by molar-refractivity contribution is 6.71. The fourth-order valence-corrected chi connectivity index (χ4v) is 0.809. The van der Waals surface area contributed by atoms with E-state index in [2.05, 4.69) is 0 Å². The van der Waals surface area contributed by atoms with Gasteiger partial charge in [0.05, 0.1) is 0 Å². The van der Waals surface area contributed by atoms with Crippen LogP contribution >= 0.6 is 0 Å². The standard InChI is InChI=1S/C6H10BNO3/c8-6-3-1-2-5(4-6)7(9,10)11/h1-4,9-10H,8,11H2. The maximum atomic E-state index is 8.84. The molecular weight excluding hydrogens is 145 g/mol. The molecule has 0 aliphatic rings. The van der Waals surface area contributed by atoms with Gasteiger partial charge < -0.3 is 20.8 Å². The number of hydrogen-bond acceptors (Lipinski definition) is 3. The molecule has 0 bridgehead atoms. The van der Waals surface area contributed by atoms with Crippen molar-refractivity contribution in [2.24, 2.45) is 0 Å². The molecule has 6 N–H and O–H groups in total. The van der Waals surface area contributed by atoms with Gasteiger partial charge in [0.1, 0.15) is 0 Å². The van der Waals surface area contributed by atoms with Crippen molar-refractivity contribution in [2.75, 3.05) is 5.73 Å². The van der Waals surface area contributed by atoms with E-state index in [0.717, 1.165) is 0 Å². The smallest absolute Gasteiger partial charge is 0.593 e. The van der Waals surface area contributed by atoms with Crippen LogP contribution < -0.4 is 11.2 Å². The molecule has 4 nitrogen and oxygen atoms in total. The van der Waals surface area contributed by atoms with Crippen molar-refractivity contribution in [1.29, 1.82) is 0 Å². The van der Waals surface area contributed by atoms with Crippen molar-refractivity contribution in [1.82, 2.24) is 0 Å². The third-order valence-corrected chi connectivity index (χ3v) is 1.38. The van der Waals surface area contributed by atoms with Crippen LogP contribution in [0.5, 0.6) is 0 Å². The van der Waals surface area contributed by atoms with Gasteiger partial charge in [-0.2, -0.15) is 0 Å². The first kappa shape index (κ1) is 8.07. The van der Waals surface area contributed by atoms with Gasteiger partial charge in [0.2, 0.25) is 0 Å². The molecule has 0 aliphatic carbocycles. The zero-order chi connectivity index (χ0) is 8.48. The molecule has 0 saturated carbocycles. The van der Waals surface area contributed by atoms with Crippen LogP contribution in [-0.4, -0.2) is 21.8 Å². The zero-order valence-electron chi connectivity index (χ0n) is 5.86. The Morgan fingerprint density at radius 2 is 2.00 bits per heavy atom. The predicted molar refractivity (Wildman–Crippen MR) is 44.3 cm³/mol. The number of anilines is 1. The summed E-state index contributed by atoms with van der Waals surface area (Å²) in [5.74, 6) is 0. The minimum Gasteiger partial charge on any atom is -0.640 e. The Morgan fingerprint density at radius 3 is 2.36 bits per heavy atom. The van der Waals surface area contributed by atoms with Gasteiger partial charge in [0.25, 0.3) is 0 Å². The summed E-state index contributed by atoms with van der Waals surface area (Å²) in [6.07, 6.45) is 0. The van der Waals surface area contributed by atoms with Crippen LogP contribution in [0.3, 0.4) is 0 Å². The van der Waals surface area contributed by atoms with Gasteiger partial charge >= 0.3 is 6.75 Å². The van der Waals surface area contributed by atoms with Gasteiger partial charge in [-0.3, -0.25) is 0 Å². The highest BCUT2D eigenvalue weighted by Crippen LogP contribution is 1.99. The van der Waals surface area contributed by atoms with Crippen molar-refractivity contribution in [3.8, 4) is 0 Å². The molecule has 0 fully saturated rings. The van der Waals surface area contributed by atoms with E-state index in [1.165, 1.54) is 12.1 Å². The summed E-state index contributed by atoms with van der Waals surface area (Å²) in [6.45, 7) is -3.15. The lowest BCUT2D eigenvalue weighted by atomic mass is 9.71. The number of rotatable bonds is 1. The molecule has 0 heterocycles. The van der Waals surface area contributed by atoms with Crippen LogP contribution in [0.1, 0.15) is 0 Å². The predicted octanol–water partition coefficient (Wildman–Crippen LogP) is -1.88. The van der Waals surface area contributed by atoms with E-state index in [-0.39, 0.29) is 5.46 Å². The van der Waals surface area contributed by atoms with E-state index >= 15 is 0 Å². The number of benzene rings is 1. The monoisotopic (exact) mass is 155 g/mol. The Balaban J connectivity index is 3.06. The average Bonchev–Trinajstić information content (AvgIpc) is 1.86. The van der Waals surface area contributed by atoms with Crippen molar-refractivity contribution < 1.29 is 15.1 Å². The largest absolute Gasteiger partial charge is 0.640 e. The van der Waals surface area contributed by atoms with E-state index < -0.39 is 6.75 Å². The van der Waals surface area contributed by atoms with E-state index in [0.29, 0.717) is 5.69 Å². The van der Waals surface area contributed by atoms with E-state index in [1.807, 2.05) is 0 Å². The van der Waals surface area contributed by atoms with Gasteiger partial charge in [0, 0.05) is 5.69 Å². The SMILES string of the molecule is Nc1cccc([B-](O)(O)[OH2+])c1. The van der Waals surface area contributed by atoms with Gasteiger partial charge in [-0.15, -0.1) is 0 Å². The summed E-state index contributed by atoms with van der Waals surface area (Å²) in [7, 11) is 0. The lowest BCUT2D eigenvalue weighted by Gasteiger charge is -2.14. The third-order valence-electron chi connectivity index (χ3n) is 1.38. The fourth-order valence-electron chi connectivity index (χ4n) is 0.809. The van der Waals surface area contributed by atoms with Crippen LogP contribution in [0.15, 0.2) is 24.3 Å². The van der Waals surface area contributed by atoms with Crippen LogP contribution in [0, 0.1) is 0 Å². The Bertz CT molecular complexity index is 258. The number of hydrogen-bond donors (Lipinski definition) is 3. The van der Waals surface area contributed by atoms with Crippen molar-refractivity contribution in [3.05, 3.63) is 24.3 Å². The van der Waals surface area contributed by atoms with Crippen LogP contribution in [0.25, 0.3) is 0 Å². The lowest BCUT2D eigenvalue weighted by Crippen LogP contribution is -2.48. The molecule has 0 saturated heterocycles. The number of nitrogens with two attached hydrogens (primary N) is 1. The molecule has 0 atom stereocenters. The normalized spacial score (nSPS) is 11.5. The van der Waals surface area contributed by atoms with Crippen LogP contribution in [-0.2, 0) is 0 Å². The molecule has 1 aromatic rings. The van der Waals surface area contributed by atoms with Crippen LogP contribution in [0.2, 0.25) is 0 Å². The van der Waals surface area contributed by atoms with Gasteiger partial charge in [-0.25, -0.2) is 0 Å². The Labute approximate surface area is 63.9 Å². The average molecular weight is 155 g/mol. The molecule has 0 aromatic heterocycles. The first-order valence-electron chi connectivity index (χ1n) is 3.20. The first-order chi connectivity index (χ1) is 5.00. The number of nitrogen functional groups attached to an aromatic ring is 1. The molecule has 0 spiro atoms. The van der Waals surface area contributed by atoms with E-state index in [1.54, 1.807) is 12.1 Å². The summed E-state index contributed by atoms with van der Waals surface area (Å²) in [6, 6.07) is 6.00. The summed E-state index contributed by atoms with van der Waals surface area (Å²) in [4.78, 5) is 0. The summed E-state index contributed by atoms with van der Waals surface area (Å²) in [5, 5.41) is 24.6. The molecule has 0 unspecified atom stereocenters. The lowest BCUT2D eigenvalue weighted by molar-refractivity contribution is 0.250. The van der Waals surface area contributed by atoms with Crippen LogP contribution in [0.4, 0.5) is 5.69 Å². The Hall–Kier alpha value is -1.04. The Morgan fingerprint density at radius 1 is 1.36 bits per heavy atom. The molecular formula is C6H10BNO3. The molecule has 0 amide bonds. The molecule has 11 heavy (non-hydrogen) atoms. The highest BCUT2D eigenvalue weighted by Gasteiger charge is 2.28. The second-order valence-electron chi connectivity index (χ2n) is 2.45. The van der Waals surface area contributed by atoms with E-state index in [4.69, 9.17) is 20.8 Å². The quantitative estimate of drug-likeness (QED) is 0.252. The molecule has 5 heteroatoms. The third kappa shape index (κ3) is 1.94. The summed E-state index contributed by atoms with van der Waals surface area (Å²) < 4.78 is 0. The molecule has 0 radical (unpaired) electrons. The minimum atomic E-state index is -3.15. The molecule has 0 aliphatic heterocycles. The first-order valence-corrected chi connectivity index (χ1v) is 3.20. The molecule has 60 valence electrons. The minimum absolute atomic E-state index is 0.130. The molecule has 1 aromatic carbocycles. The van der Waals surface area contributed by atoms with Gasteiger partial charge in [-0.05, 0) is 6.07 Å². The second kappa shape index (κ2) is 2.54. The van der Waals surface area contributed by atoms with Crippen molar-refractivity contribution in [2.45, 2.75) is 0 Å². The van der Waals surface area contributed by atoms with Crippen molar-refractivity contribution >= 4 is 17.9 Å². The molecule has 1 rings (SSSR count). The Kier molecular flexibility index (Phi) is 1.86. The summed E-state index contributed by atoms with van der Waals surface area (Å²) >= 11 is 0. The van der Waals surface area contributed by atoms with Gasteiger partial charge in [-0.1, -0.05) is 23.7 Å². The maximum absolute atomic E-state index is 8.84. The second-order valence-corrected chi connectivity index (χ2v) is 2.45. The highest BCUT2D eigenvalue weighted by atomic mass is 16.5. The topological polar surface area (TPSA) is 89.4 Å². The fraction of sp³-hybridized carbons (Fsp3) is 0.